The molecule has 6 nitrogen and oxygen atoms in total. The molecule has 0 aromatic rings. The molecule has 0 aromatic carbocycles. The van der Waals surface area contributed by atoms with Gasteiger partial charge in [0.15, 0.2) is 0 Å². The second-order valence-electron chi connectivity index (χ2n) is 1.89. The van der Waals surface area contributed by atoms with E-state index in [0.717, 1.165) is 6.92 Å². The summed E-state index contributed by atoms with van der Waals surface area (Å²) in [5.41, 5.74) is 0.625. The van der Waals surface area contributed by atoms with Crippen LogP contribution in [0.25, 0.3) is 0 Å². The summed E-state index contributed by atoms with van der Waals surface area (Å²) in [6, 6.07) is 0. The first-order valence-electron chi connectivity index (χ1n) is 3.02. The Bertz CT molecular complexity index is 178. The first-order chi connectivity index (χ1) is 5.45. The van der Waals surface area contributed by atoms with E-state index in [4.69, 9.17) is 20.3 Å². The van der Waals surface area contributed by atoms with E-state index in [9.17, 15) is 0 Å². The van der Waals surface area contributed by atoms with Crippen molar-refractivity contribution in [2.45, 2.75) is 20.8 Å². The second kappa shape index (κ2) is 7.52. The number of oxime groups is 2. The number of carbonyl (C=O) groups is 1. The number of carboxylic acids is 1. The van der Waals surface area contributed by atoms with E-state index >= 15 is 0 Å². The summed E-state index contributed by atoms with van der Waals surface area (Å²) in [5, 5.41) is 29.1. The summed E-state index contributed by atoms with van der Waals surface area (Å²) in [6.45, 7) is 4.16. The van der Waals surface area contributed by atoms with Crippen LogP contribution in [0.15, 0.2) is 10.3 Å². The Balaban J connectivity index is 0. The van der Waals surface area contributed by atoms with Crippen LogP contribution in [0.5, 0.6) is 0 Å². The summed E-state index contributed by atoms with van der Waals surface area (Å²) in [6.07, 6.45) is 0. The lowest BCUT2D eigenvalue weighted by atomic mass is 10.3. The van der Waals surface area contributed by atoms with Crippen molar-refractivity contribution in [3.8, 4) is 0 Å². The molecule has 0 unspecified atom stereocenters. The molecule has 0 fully saturated rings. The van der Waals surface area contributed by atoms with Crippen molar-refractivity contribution in [3.63, 3.8) is 0 Å². The van der Waals surface area contributed by atoms with Gasteiger partial charge in [-0.2, -0.15) is 0 Å². The van der Waals surface area contributed by atoms with Crippen molar-refractivity contribution >= 4 is 17.4 Å². The van der Waals surface area contributed by atoms with Gasteiger partial charge in [-0.3, -0.25) is 4.79 Å². The van der Waals surface area contributed by atoms with E-state index in [0.29, 0.717) is 11.4 Å². The molecule has 0 aliphatic heterocycles. The van der Waals surface area contributed by atoms with Gasteiger partial charge in [0.25, 0.3) is 5.97 Å². The second-order valence-corrected chi connectivity index (χ2v) is 1.89. The van der Waals surface area contributed by atoms with Crippen molar-refractivity contribution in [2.75, 3.05) is 0 Å². The third-order valence-electron chi connectivity index (χ3n) is 0.824. The molecule has 12 heavy (non-hydrogen) atoms. The lowest BCUT2D eigenvalue weighted by Gasteiger charge is -1.88. The zero-order valence-corrected chi connectivity index (χ0v) is 7.14. The molecule has 70 valence electrons. The molecule has 0 amide bonds. The quantitative estimate of drug-likeness (QED) is 0.312. The van der Waals surface area contributed by atoms with E-state index in [1.165, 1.54) is 13.8 Å². The normalized spacial score (nSPS) is 11.6. The highest BCUT2D eigenvalue weighted by molar-refractivity contribution is 6.40. The molecule has 0 saturated carbocycles. The summed E-state index contributed by atoms with van der Waals surface area (Å²) < 4.78 is 0. The van der Waals surface area contributed by atoms with Crippen molar-refractivity contribution in [1.82, 2.24) is 0 Å². The van der Waals surface area contributed by atoms with Crippen LogP contribution in [0.2, 0.25) is 0 Å². The van der Waals surface area contributed by atoms with Crippen LogP contribution in [0.4, 0.5) is 0 Å². The molecule has 0 rings (SSSR count). The minimum atomic E-state index is -0.833. The minimum absolute atomic E-state index is 0.313. The van der Waals surface area contributed by atoms with Gasteiger partial charge >= 0.3 is 0 Å². The number of aliphatic carboxylic acids is 1. The Labute approximate surface area is 69.8 Å². The largest absolute Gasteiger partial charge is 0.481 e. The van der Waals surface area contributed by atoms with E-state index < -0.39 is 5.97 Å². The maximum atomic E-state index is 9.00. The van der Waals surface area contributed by atoms with E-state index in [1.54, 1.807) is 0 Å². The number of nitrogens with zero attached hydrogens (tertiary/aromatic N) is 2. The number of rotatable bonds is 1. The van der Waals surface area contributed by atoms with Crippen molar-refractivity contribution in [2.24, 2.45) is 10.3 Å². The smallest absolute Gasteiger partial charge is 0.300 e. The zero-order chi connectivity index (χ0) is 10.1. The molecule has 0 aromatic heterocycles. The Morgan fingerprint density at radius 2 is 1.17 bits per heavy atom. The fourth-order valence-corrected chi connectivity index (χ4v) is 0.145. The molecule has 0 radical (unpaired) electrons. The predicted molar refractivity (Wildman–Crippen MR) is 43.1 cm³/mol. The highest BCUT2D eigenvalue weighted by atomic mass is 16.4. The van der Waals surface area contributed by atoms with Gasteiger partial charge in [0.05, 0.1) is 0 Å². The highest BCUT2D eigenvalue weighted by Gasteiger charge is 1.93. The fourth-order valence-electron chi connectivity index (χ4n) is 0.145. The first kappa shape index (κ1) is 13.0. The van der Waals surface area contributed by atoms with Crippen LogP contribution in [-0.2, 0) is 4.79 Å². The molecular formula is C6H12N2O4. The Morgan fingerprint density at radius 1 is 1.00 bits per heavy atom. The van der Waals surface area contributed by atoms with Crippen molar-refractivity contribution < 1.29 is 20.3 Å². The van der Waals surface area contributed by atoms with E-state index in [2.05, 4.69) is 10.3 Å². The van der Waals surface area contributed by atoms with E-state index in [-0.39, 0.29) is 0 Å². The summed E-state index contributed by atoms with van der Waals surface area (Å²) >= 11 is 0. The zero-order valence-electron chi connectivity index (χ0n) is 7.14. The highest BCUT2D eigenvalue weighted by Crippen LogP contribution is 1.79. The van der Waals surface area contributed by atoms with Crippen LogP contribution in [-0.4, -0.2) is 32.9 Å². The SMILES string of the molecule is CC(=N/O)/C(C)=N\O.CC(=O)O. The molecule has 0 saturated heterocycles. The molecule has 6 heteroatoms. The summed E-state index contributed by atoms with van der Waals surface area (Å²) in [5.74, 6) is -0.833. The number of hydrogen-bond acceptors (Lipinski definition) is 5. The van der Waals surface area contributed by atoms with Gasteiger partial charge in [-0.25, -0.2) is 0 Å². The Kier molecular flexibility index (Phi) is 8.16. The van der Waals surface area contributed by atoms with Gasteiger partial charge in [-0.1, -0.05) is 10.3 Å². The molecule has 0 aliphatic carbocycles. The lowest BCUT2D eigenvalue weighted by molar-refractivity contribution is -0.134. The molecule has 3 N–H and O–H groups in total. The van der Waals surface area contributed by atoms with Gasteiger partial charge in [-0.05, 0) is 13.8 Å². The van der Waals surface area contributed by atoms with Crippen molar-refractivity contribution in [1.29, 1.82) is 0 Å². The molecule has 0 aliphatic rings. The van der Waals surface area contributed by atoms with Gasteiger partial charge in [0, 0.05) is 6.92 Å². The topological polar surface area (TPSA) is 102 Å². The van der Waals surface area contributed by atoms with Gasteiger partial charge in [-0.15, -0.1) is 0 Å². The maximum absolute atomic E-state index is 9.00. The standard InChI is InChI=1S/C4H8N2O2.C2H4O2/c1-3(5-7)4(2)6-8;1-2(3)4/h7-8H,1-2H3;1H3,(H,3,4)/b5-3-,6-4-;. The van der Waals surface area contributed by atoms with Crippen LogP contribution in [0, 0.1) is 0 Å². The first-order valence-corrected chi connectivity index (χ1v) is 3.02. The van der Waals surface area contributed by atoms with Crippen LogP contribution in [0.3, 0.4) is 0 Å². The van der Waals surface area contributed by atoms with Gasteiger partial charge in [0.1, 0.15) is 11.4 Å². The van der Waals surface area contributed by atoms with Crippen LogP contribution < -0.4 is 0 Å². The third-order valence-corrected chi connectivity index (χ3v) is 0.824. The third kappa shape index (κ3) is 11.2. The lowest BCUT2D eigenvalue weighted by Crippen LogP contribution is -2.04. The van der Waals surface area contributed by atoms with E-state index in [1.807, 2.05) is 0 Å². The molecule has 0 bridgehead atoms. The van der Waals surface area contributed by atoms with Gasteiger partial charge in [0.2, 0.25) is 0 Å². The number of hydrogen-bond donors (Lipinski definition) is 3. The molecule has 0 spiro atoms. The number of carboxylic acid groups (broad SMARTS) is 1. The Hall–Kier alpha value is -1.59. The maximum Gasteiger partial charge on any atom is 0.300 e. The molecular weight excluding hydrogens is 164 g/mol. The van der Waals surface area contributed by atoms with Crippen LogP contribution in [0.1, 0.15) is 20.8 Å². The van der Waals surface area contributed by atoms with Gasteiger partial charge < -0.3 is 15.5 Å². The molecule has 0 heterocycles. The monoisotopic (exact) mass is 176 g/mol. The summed E-state index contributed by atoms with van der Waals surface area (Å²) in [4.78, 5) is 9.00. The molecule has 0 atom stereocenters. The minimum Gasteiger partial charge on any atom is -0.481 e. The van der Waals surface area contributed by atoms with Crippen molar-refractivity contribution in [3.05, 3.63) is 0 Å². The fraction of sp³-hybridized carbons (Fsp3) is 0.500. The Morgan fingerprint density at radius 3 is 1.25 bits per heavy atom. The predicted octanol–water partition coefficient (Wildman–Crippen LogP) is 0.778. The average molecular weight is 176 g/mol. The summed E-state index contributed by atoms with van der Waals surface area (Å²) in [7, 11) is 0. The average Bonchev–Trinajstić information content (AvgIpc) is 2.00. The van der Waals surface area contributed by atoms with Crippen LogP contribution >= 0.6 is 0 Å².